The summed E-state index contributed by atoms with van der Waals surface area (Å²) in [4.78, 5) is 13.2. The predicted molar refractivity (Wildman–Crippen MR) is 62.9 cm³/mol. The van der Waals surface area contributed by atoms with Crippen LogP contribution in [0.4, 0.5) is 14.5 Å². The van der Waals surface area contributed by atoms with Crippen LogP contribution in [0, 0.1) is 11.6 Å². The van der Waals surface area contributed by atoms with Crippen LogP contribution in [0.5, 0.6) is 0 Å². The fraction of sp³-hybridized carbons (Fsp3) is 0.417. The molecule has 17 heavy (non-hydrogen) atoms. The molecule has 1 aromatic carbocycles. The number of carbonyl (C=O) groups is 1. The zero-order valence-corrected chi connectivity index (χ0v) is 10.3. The van der Waals surface area contributed by atoms with Crippen LogP contribution in [0.15, 0.2) is 18.2 Å². The lowest BCUT2D eigenvalue weighted by atomic mass is 10.0. The lowest BCUT2D eigenvalue weighted by Crippen LogP contribution is -2.52. The Kier molecular flexibility index (Phi) is 3.83. The lowest BCUT2D eigenvalue weighted by molar-refractivity contribution is -0.123. The smallest absolute Gasteiger partial charge is 0.246 e. The average molecular weight is 242 g/mol. The Labute approximate surface area is 99.4 Å². The Hall–Kier alpha value is -1.49. The Bertz CT molecular complexity index is 433. The topological polar surface area (TPSA) is 32.3 Å². The molecular weight excluding hydrogens is 226 g/mol. The number of nitrogens with one attached hydrogen (secondary N) is 1. The van der Waals surface area contributed by atoms with E-state index in [0.717, 1.165) is 12.1 Å². The molecule has 0 aliphatic carbocycles. The van der Waals surface area contributed by atoms with Gasteiger partial charge in [0.25, 0.3) is 0 Å². The van der Waals surface area contributed by atoms with Crippen molar-refractivity contribution in [3.05, 3.63) is 29.8 Å². The lowest BCUT2D eigenvalue weighted by Gasteiger charge is -2.29. The van der Waals surface area contributed by atoms with Gasteiger partial charge >= 0.3 is 0 Å². The Balaban J connectivity index is 3.05. The number of halogens is 2. The van der Waals surface area contributed by atoms with Crippen molar-refractivity contribution < 1.29 is 13.6 Å². The van der Waals surface area contributed by atoms with Gasteiger partial charge in [-0.3, -0.25) is 4.79 Å². The number of hydrogen-bond acceptors (Lipinski definition) is 2. The summed E-state index contributed by atoms with van der Waals surface area (Å²) in [6, 6.07) is 3.12. The number of benzene rings is 1. The monoisotopic (exact) mass is 242 g/mol. The van der Waals surface area contributed by atoms with Gasteiger partial charge in [0.1, 0.15) is 11.6 Å². The van der Waals surface area contributed by atoms with Crippen LogP contribution >= 0.6 is 0 Å². The molecule has 0 saturated carbocycles. The first kappa shape index (κ1) is 13.6. The minimum absolute atomic E-state index is 0.0553. The van der Waals surface area contributed by atoms with Crippen molar-refractivity contribution in [3.63, 3.8) is 0 Å². The molecule has 0 atom stereocenters. The highest BCUT2D eigenvalue weighted by Crippen LogP contribution is 2.21. The fourth-order valence-corrected chi connectivity index (χ4v) is 1.39. The van der Waals surface area contributed by atoms with E-state index >= 15 is 0 Å². The molecule has 1 N–H and O–H groups in total. The molecule has 0 heterocycles. The molecule has 0 unspecified atom stereocenters. The van der Waals surface area contributed by atoms with Gasteiger partial charge in [-0.15, -0.1) is 0 Å². The summed E-state index contributed by atoms with van der Waals surface area (Å²) in [5.74, 6) is -1.72. The summed E-state index contributed by atoms with van der Waals surface area (Å²) in [5, 5.41) is 2.83. The van der Waals surface area contributed by atoms with E-state index in [0.29, 0.717) is 0 Å². The number of hydrogen-bond donors (Lipinski definition) is 1. The van der Waals surface area contributed by atoms with Crippen molar-refractivity contribution in [1.82, 2.24) is 5.32 Å². The minimum Gasteiger partial charge on any atom is -0.311 e. The van der Waals surface area contributed by atoms with Crippen molar-refractivity contribution >= 4 is 11.6 Å². The number of amides is 1. The first-order valence-electron chi connectivity index (χ1n) is 5.21. The number of carbonyl (C=O) groups excluding carboxylic acids is 1. The van der Waals surface area contributed by atoms with Gasteiger partial charge in [-0.2, -0.15) is 0 Å². The maximum absolute atomic E-state index is 13.5. The molecular formula is C12H16F2N2O. The van der Waals surface area contributed by atoms with Crippen LogP contribution in [0.25, 0.3) is 0 Å². The quantitative estimate of drug-likeness (QED) is 0.878. The molecule has 5 heteroatoms. The van der Waals surface area contributed by atoms with Gasteiger partial charge in [0.05, 0.1) is 11.2 Å². The van der Waals surface area contributed by atoms with E-state index in [1.165, 1.54) is 18.0 Å². The van der Waals surface area contributed by atoms with Gasteiger partial charge in [-0.05, 0) is 33.0 Å². The predicted octanol–water partition coefficient (Wildman–Crippen LogP) is 1.93. The Morgan fingerprint density at radius 3 is 2.41 bits per heavy atom. The largest absolute Gasteiger partial charge is 0.311 e. The molecule has 94 valence electrons. The fourth-order valence-electron chi connectivity index (χ4n) is 1.39. The van der Waals surface area contributed by atoms with Crippen LogP contribution in [0.3, 0.4) is 0 Å². The van der Waals surface area contributed by atoms with E-state index < -0.39 is 17.2 Å². The van der Waals surface area contributed by atoms with Gasteiger partial charge in [0, 0.05) is 13.1 Å². The highest BCUT2D eigenvalue weighted by molar-refractivity contribution is 5.99. The average Bonchev–Trinajstić information content (AvgIpc) is 2.27. The third-order valence-corrected chi connectivity index (χ3v) is 2.74. The maximum atomic E-state index is 13.5. The molecule has 1 aromatic rings. The molecule has 0 aliphatic rings. The van der Waals surface area contributed by atoms with Gasteiger partial charge < -0.3 is 10.2 Å². The molecule has 3 nitrogen and oxygen atoms in total. The second kappa shape index (κ2) is 4.79. The molecule has 0 radical (unpaired) electrons. The Morgan fingerprint density at radius 2 is 1.94 bits per heavy atom. The van der Waals surface area contributed by atoms with Crippen molar-refractivity contribution in [2.45, 2.75) is 19.4 Å². The maximum Gasteiger partial charge on any atom is 0.246 e. The van der Waals surface area contributed by atoms with E-state index in [1.54, 1.807) is 20.9 Å². The number of likely N-dealkylation sites (N-methyl/N-ethyl adjacent to an activating group) is 2. The normalized spacial score (nSPS) is 11.4. The molecule has 1 rings (SSSR count). The minimum atomic E-state index is -0.810. The highest BCUT2D eigenvalue weighted by Gasteiger charge is 2.30. The summed E-state index contributed by atoms with van der Waals surface area (Å²) < 4.78 is 26.3. The second-order valence-electron chi connectivity index (χ2n) is 4.33. The molecule has 0 fully saturated rings. The van der Waals surface area contributed by atoms with Gasteiger partial charge in [0.2, 0.25) is 5.91 Å². The molecule has 0 aliphatic heterocycles. The van der Waals surface area contributed by atoms with Crippen LogP contribution in [0.1, 0.15) is 13.8 Å². The standard InChI is InChI=1S/C12H16F2N2O/c1-12(2,15-3)11(17)16(4)10-6-5-8(13)7-9(10)14/h5-7,15H,1-4H3. The van der Waals surface area contributed by atoms with Gasteiger partial charge in [-0.25, -0.2) is 8.78 Å². The molecule has 0 spiro atoms. The van der Waals surface area contributed by atoms with E-state index in [9.17, 15) is 13.6 Å². The van der Waals surface area contributed by atoms with E-state index in [-0.39, 0.29) is 11.6 Å². The first-order chi connectivity index (χ1) is 7.79. The summed E-state index contributed by atoms with van der Waals surface area (Å²) in [7, 11) is 3.10. The number of nitrogens with zero attached hydrogens (tertiary/aromatic N) is 1. The van der Waals surface area contributed by atoms with E-state index in [2.05, 4.69) is 5.32 Å². The van der Waals surface area contributed by atoms with Crippen molar-refractivity contribution in [2.24, 2.45) is 0 Å². The highest BCUT2D eigenvalue weighted by atomic mass is 19.1. The van der Waals surface area contributed by atoms with Crippen LogP contribution < -0.4 is 10.2 Å². The van der Waals surface area contributed by atoms with Crippen molar-refractivity contribution in [3.8, 4) is 0 Å². The van der Waals surface area contributed by atoms with E-state index in [1.807, 2.05) is 0 Å². The third kappa shape index (κ3) is 2.79. The molecule has 1 amide bonds. The third-order valence-electron chi connectivity index (χ3n) is 2.74. The van der Waals surface area contributed by atoms with E-state index in [4.69, 9.17) is 0 Å². The summed E-state index contributed by atoms with van der Waals surface area (Å²) in [5.41, 5.74) is -0.755. The summed E-state index contributed by atoms with van der Waals surface area (Å²) in [6.45, 7) is 3.38. The summed E-state index contributed by atoms with van der Waals surface area (Å²) >= 11 is 0. The Morgan fingerprint density at radius 1 is 1.35 bits per heavy atom. The van der Waals surface area contributed by atoms with Crippen molar-refractivity contribution in [2.75, 3.05) is 19.0 Å². The van der Waals surface area contributed by atoms with Crippen LogP contribution in [-0.2, 0) is 4.79 Å². The second-order valence-corrected chi connectivity index (χ2v) is 4.33. The SMILES string of the molecule is CNC(C)(C)C(=O)N(C)c1ccc(F)cc1F. The number of anilines is 1. The number of rotatable bonds is 3. The molecule has 0 aromatic heterocycles. The van der Waals surface area contributed by atoms with Crippen LogP contribution in [-0.4, -0.2) is 25.5 Å². The zero-order chi connectivity index (χ0) is 13.2. The van der Waals surface area contributed by atoms with Crippen LogP contribution in [0.2, 0.25) is 0 Å². The van der Waals surface area contributed by atoms with Gasteiger partial charge in [0.15, 0.2) is 0 Å². The molecule has 0 saturated heterocycles. The first-order valence-corrected chi connectivity index (χ1v) is 5.21. The summed E-state index contributed by atoms with van der Waals surface area (Å²) in [6.07, 6.45) is 0. The van der Waals surface area contributed by atoms with Gasteiger partial charge in [-0.1, -0.05) is 0 Å². The molecule has 0 bridgehead atoms. The van der Waals surface area contributed by atoms with Crippen molar-refractivity contribution in [1.29, 1.82) is 0 Å². The zero-order valence-electron chi connectivity index (χ0n) is 10.3.